The lowest BCUT2D eigenvalue weighted by atomic mass is 10.2. The van der Waals surface area contributed by atoms with E-state index in [1.54, 1.807) is 6.92 Å². The molecule has 1 fully saturated rings. The van der Waals surface area contributed by atoms with Crippen molar-refractivity contribution >= 4 is 17.8 Å². The fraction of sp³-hybridized carbons (Fsp3) is 1.00. The Hall–Kier alpha value is 0.530. The molecule has 5 heteroatoms. The van der Waals surface area contributed by atoms with Crippen molar-refractivity contribution in [1.29, 1.82) is 0 Å². The van der Waals surface area contributed by atoms with E-state index in [2.05, 4.69) is 41.5 Å². The van der Waals surface area contributed by atoms with E-state index >= 15 is 0 Å². The van der Waals surface area contributed by atoms with Crippen LogP contribution in [0.3, 0.4) is 0 Å². The van der Waals surface area contributed by atoms with E-state index in [9.17, 15) is 5.11 Å². The van der Waals surface area contributed by atoms with E-state index in [4.69, 9.17) is 21.3 Å². The van der Waals surface area contributed by atoms with Gasteiger partial charge in [0.1, 0.15) is 0 Å². The molecule has 0 aromatic rings. The number of aliphatic hydroxyl groups is 1. The first kappa shape index (κ1) is 17.6. The highest BCUT2D eigenvalue weighted by Crippen LogP contribution is 2.66. The van der Waals surface area contributed by atoms with Crippen LogP contribution in [-0.4, -0.2) is 28.9 Å². The zero-order valence-corrected chi connectivity index (χ0v) is 14.9. The van der Waals surface area contributed by atoms with Crippen molar-refractivity contribution in [2.75, 3.05) is 0 Å². The summed E-state index contributed by atoms with van der Waals surface area (Å²) in [6, 6.07) is -2.15. The van der Waals surface area contributed by atoms with E-state index in [-0.39, 0.29) is 18.0 Å². The summed E-state index contributed by atoms with van der Waals surface area (Å²) < 4.78 is 12.3. The van der Waals surface area contributed by atoms with Gasteiger partial charge in [-0.05, 0) is 18.8 Å². The summed E-state index contributed by atoms with van der Waals surface area (Å²) in [5.41, 5.74) is 0. The molecule has 1 rings (SSSR count). The summed E-state index contributed by atoms with van der Waals surface area (Å²) in [5, 5.41) is 10.3. The lowest BCUT2D eigenvalue weighted by molar-refractivity contribution is -0.213. The second-order valence-corrected chi connectivity index (χ2v) is 11.7. The first-order chi connectivity index (χ1) is 8.62. The Kier molecular flexibility index (Phi) is 6.04. The summed E-state index contributed by atoms with van der Waals surface area (Å²) >= 11 is 5.92. The van der Waals surface area contributed by atoms with Gasteiger partial charge in [0.2, 0.25) is 0 Å². The van der Waals surface area contributed by atoms with Crippen molar-refractivity contribution in [3.8, 4) is 0 Å². The van der Waals surface area contributed by atoms with Crippen molar-refractivity contribution in [3.63, 3.8) is 0 Å². The largest absolute Gasteiger partial charge is 0.388 e. The maximum atomic E-state index is 10.3. The van der Waals surface area contributed by atoms with E-state index < -0.39 is 11.9 Å². The number of hydrogen-bond donors (Lipinski definition) is 1. The number of hydrogen-bond acceptors (Lipinski definition) is 4. The zero-order chi connectivity index (χ0) is 15.0. The summed E-state index contributed by atoms with van der Waals surface area (Å²) in [5.74, 6) is 0.237. The second-order valence-electron chi connectivity index (χ2n) is 6.55. The third-order valence-corrected chi connectivity index (χ3v) is 9.97. The van der Waals surface area contributed by atoms with Crippen LogP contribution in [0.4, 0.5) is 0 Å². The fourth-order valence-corrected chi connectivity index (χ4v) is 8.01. The molecule has 0 saturated carbocycles. The number of rotatable bonds is 4. The third kappa shape index (κ3) is 3.41. The van der Waals surface area contributed by atoms with Crippen LogP contribution in [0.25, 0.3) is 0 Å². The molecular weight excluding hydrogens is 279 g/mol. The van der Waals surface area contributed by atoms with Gasteiger partial charge in [0.25, 0.3) is 0 Å². The Balaban J connectivity index is 3.20. The van der Waals surface area contributed by atoms with Crippen molar-refractivity contribution in [2.24, 2.45) is 17.8 Å². The lowest BCUT2D eigenvalue weighted by Crippen LogP contribution is -2.46. The van der Waals surface area contributed by atoms with Gasteiger partial charge in [-0.15, -0.1) is 0 Å². The van der Waals surface area contributed by atoms with Crippen molar-refractivity contribution in [2.45, 2.75) is 72.3 Å². The van der Waals surface area contributed by atoms with Crippen LogP contribution in [-0.2, 0) is 21.3 Å². The van der Waals surface area contributed by atoms with Crippen LogP contribution in [0.15, 0.2) is 0 Å². The third-order valence-electron chi connectivity index (χ3n) is 3.61. The van der Waals surface area contributed by atoms with Gasteiger partial charge in [-0.25, -0.2) is 0 Å². The van der Waals surface area contributed by atoms with Gasteiger partial charge in [0, 0.05) is 12.0 Å². The Morgan fingerprint density at radius 2 is 1.21 bits per heavy atom. The molecule has 1 aliphatic heterocycles. The first-order valence-corrected chi connectivity index (χ1v) is 10.2. The highest BCUT2D eigenvalue weighted by Gasteiger charge is 2.50. The minimum atomic E-state index is -2.15. The SMILES string of the molecule is CC(C)C1O[C@H](C(C)C)P(=S)(C(C)O)[C@H](C(C)C)O1. The van der Waals surface area contributed by atoms with Crippen LogP contribution in [0.5, 0.6) is 0 Å². The predicted octanol–water partition coefficient (Wildman–Crippen LogP) is 3.80. The summed E-state index contributed by atoms with van der Waals surface area (Å²) in [6.07, 6.45) is -0.213. The van der Waals surface area contributed by atoms with E-state index in [1.807, 2.05) is 0 Å². The molecule has 0 spiro atoms. The minimum Gasteiger partial charge on any atom is -0.388 e. The van der Waals surface area contributed by atoms with Gasteiger partial charge in [-0.3, -0.25) is 0 Å². The molecular formula is C14H29O3PS. The molecule has 5 atom stereocenters. The van der Waals surface area contributed by atoms with Gasteiger partial charge < -0.3 is 14.6 Å². The molecule has 3 nitrogen and oxygen atoms in total. The Labute approximate surface area is 123 Å². The zero-order valence-electron chi connectivity index (χ0n) is 13.2. The molecule has 1 saturated heterocycles. The quantitative estimate of drug-likeness (QED) is 0.802. The van der Waals surface area contributed by atoms with Crippen LogP contribution in [0, 0.1) is 17.8 Å². The van der Waals surface area contributed by atoms with Gasteiger partial charge in [0.15, 0.2) is 6.29 Å². The standard InChI is InChI=1S/C14H29O3PS/c1-8(2)12-16-13(9(3)4)18(19,11(7)15)14(17-12)10(5)6/h8-15H,1-7H3/t11?,12?,13-,14+,18?. The van der Waals surface area contributed by atoms with E-state index in [1.165, 1.54) is 0 Å². The molecule has 0 bridgehead atoms. The van der Waals surface area contributed by atoms with Crippen LogP contribution in [0.2, 0.25) is 0 Å². The molecule has 0 aliphatic carbocycles. The fourth-order valence-electron chi connectivity index (χ4n) is 2.63. The number of aliphatic hydroxyl groups excluding tert-OH is 1. The molecule has 1 N–H and O–H groups in total. The molecule has 3 unspecified atom stereocenters. The average molecular weight is 308 g/mol. The lowest BCUT2D eigenvalue weighted by Gasteiger charge is -2.50. The summed E-state index contributed by atoms with van der Waals surface area (Å²) in [6.45, 7) is 14.5. The molecule has 1 aliphatic rings. The van der Waals surface area contributed by atoms with Crippen molar-refractivity contribution in [3.05, 3.63) is 0 Å². The topological polar surface area (TPSA) is 38.7 Å². The average Bonchev–Trinajstić information content (AvgIpc) is 2.27. The molecule has 19 heavy (non-hydrogen) atoms. The molecule has 0 aromatic heterocycles. The molecule has 0 radical (unpaired) electrons. The highest BCUT2D eigenvalue weighted by molar-refractivity contribution is 8.15. The monoisotopic (exact) mass is 308 g/mol. The second kappa shape index (κ2) is 6.53. The Morgan fingerprint density at radius 3 is 1.42 bits per heavy atom. The normalized spacial score (nSPS) is 38.2. The summed E-state index contributed by atoms with van der Waals surface area (Å²) in [7, 11) is 0. The molecule has 114 valence electrons. The predicted molar refractivity (Wildman–Crippen MR) is 84.0 cm³/mol. The minimum absolute atomic E-state index is 0.0592. The van der Waals surface area contributed by atoms with E-state index in [0.717, 1.165) is 0 Å². The molecule has 0 amide bonds. The van der Waals surface area contributed by atoms with Crippen LogP contribution < -0.4 is 0 Å². The Morgan fingerprint density at radius 1 is 0.842 bits per heavy atom. The van der Waals surface area contributed by atoms with Gasteiger partial charge in [-0.1, -0.05) is 53.3 Å². The Bertz CT molecular complexity index is 320. The maximum absolute atomic E-state index is 10.3. The molecule has 0 aromatic carbocycles. The first-order valence-electron chi connectivity index (χ1n) is 7.20. The van der Waals surface area contributed by atoms with Crippen LogP contribution in [0.1, 0.15) is 48.5 Å². The van der Waals surface area contributed by atoms with E-state index in [0.29, 0.717) is 17.8 Å². The van der Waals surface area contributed by atoms with Gasteiger partial charge in [0.05, 0.1) is 17.5 Å². The van der Waals surface area contributed by atoms with Crippen LogP contribution >= 0.6 is 6.04 Å². The van der Waals surface area contributed by atoms with Gasteiger partial charge in [-0.2, -0.15) is 0 Å². The smallest absolute Gasteiger partial charge is 0.161 e. The number of ether oxygens (including phenoxy) is 2. The van der Waals surface area contributed by atoms with Crippen molar-refractivity contribution < 1.29 is 14.6 Å². The van der Waals surface area contributed by atoms with Crippen molar-refractivity contribution in [1.82, 2.24) is 0 Å². The molecule has 1 heterocycles. The highest BCUT2D eigenvalue weighted by atomic mass is 32.4. The maximum Gasteiger partial charge on any atom is 0.161 e. The summed E-state index contributed by atoms with van der Waals surface area (Å²) in [4.78, 5) is 0. The van der Waals surface area contributed by atoms with Gasteiger partial charge >= 0.3 is 0 Å².